The van der Waals surface area contributed by atoms with Crippen LogP contribution in [0.3, 0.4) is 0 Å². The minimum atomic E-state index is -0.993. The molecular weight excluding hydrogens is 261 g/mol. The molecule has 1 amide bonds. The second kappa shape index (κ2) is 5.40. The number of hydrogen-bond acceptors (Lipinski definition) is 3. The Hall–Kier alpha value is -1.25. The van der Waals surface area contributed by atoms with Gasteiger partial charge in [0.1, 0.15) is 5.41 Å². The fourth-order valence-electron chi connectivity index (χ4n) is 2.32. The van der Waals surface area contributed by atoms with Crippen LogP contribution in [0.1, 0.15) is 29.3 Å². The smallest absolute Gasteiger partial charge is 0.260 e. The van der Waals surface area contributed by atoms with Gasteiger partial charge in [-0.2, -0.15) is 0 Å². The normalized spacial score (nSPS) is 23.5. The highest BCUT2D eigenvalue weighted by molar-refractivity contribution is 7.31. The summed E-state index contributed by atoms with van der Waals surface area (Å²) in [5.74, 6) is -0.347. The van der Waals surface area contributed by atoms with Crippen molar-refractivity contribution in [1.29, 1.82) is 0 Å². The second-order valence-corrected chi connectivity index (χ2v) is 5.57. The summed E-state index contributed by atoms with van der Waals surface area (Å²) >= 11 is 0. The molecule has 1 fully saturated rings. The van der Waals surface area contributed by atoms with E-state index in [1.54, 1.807) is 13.0 Å². The number of carbonyl (C=O) groups is 2. The minimum Gasteiger partial charge on any atom is -0.293 e. The number of amides is 1. The molecule has 1 aromatic rings. The Morgan fingerprint density at radius 1 is 1.47 bits per heavy atom. The quantitative estimate of drug-likeness (QED) is 0.483. The molecule has 5 heteroatoms. The molecular formula is C14H18NO3P. The molecule has 19 heavy (non-hydrogen) atoms. The molecule has 4 nitrogen and oxygen atoms in total. The number of ketones is 1. The maximum Gasteiger partial charge on any atom is 0.260 e. The fourth-order valence-corrected chi connectivity index (χ4v) is 2.72. The van der Waals surface area contributed by atoms with Crippen LogP contribution in [0.4, 0.5) is 0 Å². The average Bonchev–Trinajstić information content (AvgIpc) is 2.68. The van der Waals surface area contributed by atoms with Crippen molar-refractivity contribution in [1.82, 2.24) is 5.06 Å². The summed E-state index contributed by atoms with van der Waals surface area (Å²) in [4.78, 5) is 24.9. The first-order chi connectivity index (χ1) is 8.99. The van der Waals surface area contributed by atoms with Gasteiger partial charge in [-0.1, -0.05) is 23.8 Å². The molecule has 0 aromatic heterocycles. The molecule has 0 spiro atoms. The topological polar surface area (TPSA) is 46.6 Å². The number of carbonyl (C=O) groups excluding carboxylic acids is 2. The van der Waals surface area contributed by atoms with Crippen LogP contribution in [-0.4, -0.2) is 30.0 Å². The molecule has 0 bridgehead atoms. The summed E-state index contributed by atoms with van der Waals surface area (Å²) in [5, 5.41) is 1.33. The molecule has 0 saturated carbocycles. The fraction of sp³-hybridized carbons (Fsp3) is 0.429. The van der Waals surface area contributed by atoms with E-state index in [-0.39, 0.29) is 20.5 Å². The zero-order valence-corrected chi connectivity index (χ0v) is 12.4. The van der Waals surface area contributed by atoms with Gasteiger partial charge < -0.3 is 0 Å². The number of hydroxylamine groups is 2. The zero-order valence-electron chi connectivity index (χ0n) is 11.4. The van der Waals surface area contributed by atoms with E-state index in [0.29, 0.717) is 18.5 Å². The standard InChI is InChI=1S/C14H18NO3P/c1-10-5-4-6-11(9-10)12(16)14(2)7-8-15(13(14)17)18-19-3/h4-6,9,19H,7-8H2,1-3H3/t14-/m0/s1. The molecule has 1 saturated heterocycles. The van der Waals surface area contributed by atoms with Crippen molar-refractivity contribution in [3.8, 4) is 0 Å². The van der Waals surface area contributed by atoms with Crippen molar-refractivity contribution >= 4 is 20.5 Å². The lowest BCUT2D eigenvalue weighted by Crippen LogP contribution is -2.37. The molecule has 0 radical (unpaired) electrons. The van der Waals surface area contributed by atoms with E-state index >= 15 is 0 Å². The summed E-state index contributed by atoms with van der Waals surface area (Å²) in [6.45, 7) is 5.98. The Balaban J connectivity index is 2.26. The Kier molecular flexibility index (Phi) is 4.02. The van der Waals surface area contributed by atoms with E-state index in [2.05, 4.69) is 0 Å². The Bertz CT molecular complexity index is 517. The van der Waals surface area contributed by atoms with E-state index in [0.717, 1.165) is 5.56 Å². The Morgan fingerprint density at radius 3 is 2.84 bits per heavy atom. The molecule has 1 unspecified atom stereocenters. The van der Waals surface area contributed by atoms with Gasteiger partial charge in [-0.05, 0) is 33.0 Å². The maximum atomic E-state index is 12.6. The lowest BCUT2D eigenvalue weighted by Gasteiger charge is -2.21. The van der Waals surface area contributed by atoms with Crippen molar-refractivity contribution in [2.45, 2.75) is 20.3 Å². The van der Waals surface area contributed by atoms with Gasteiger partial charge in [-0.25, -0.2) is 5.06 Å². The van der Waals surface area contributed by atoms with Crippen LogP contribution in [-0.2, 0) is 9.42 Å². The van der Waals surface area contributed by atoms with Gasteiger partial charge in [0.05, 0.1) is 6.54 Å². The van der Waals surface area contributed by atoms with Crippen molar-refractivity contribution in [2.24, 2.45) is 5.41 Å². The predicted octanol–water partition coefficient (Wildman–Crippen LogP) is 2.57. The molecule has 0 N–H and O–H groups in total. The summed E-state index contributed by atoms with van der Waals surface area (Å²) in [5.41, 5.74) is 0.618. The highest BCUT2D eigenvalue weighted by atomic mass is 31.1. The Morgan fingerprint density at radius 2 is 2.21 bits per heavy atom. The third kappa shape index (κ3) is 2.56. The van der Waals surface area contributed by atoms with Gasteiger partial charge in [0.15, 0.2) is 5.78 Å². The number of rotatable bonds is 4. The van der Waals surface area contributed by atoms with Crippen LogP contribution in [0.5, 0.6) is 0 Å². The molecule has 1 aliphatic rings. The van der Waals surface area contributed by atoms with Crippen LogP contribution in [0.2, 0.25) is 0 Å². The summed E-state index contributed by atoms with van der Waals surface area (Å²) in [6.07, 6.45) is 0.503. The zero-order chi connectivity index (χ0) is 14.0. The van der Waals surface area contributed by atoms with Gasteiger partial charge >= 0.3 is 0 Å². The second-order valence-electron chi connectivity index (χ2n) is 4.98. The van der Waals surface area contributed by atoms with Gasteiger partial charge in [0, 0.05) is 14.4 Å². The van der Waals surface area contributed by atoms with Crippen LogP contribution in [0.15, 0.2) is 24.3 Å². The first kappa shape index (κ1) is 14.2. The van der Waals surface area contributed by atoms with Crippen molar-refractivity contribution in [3.63, 3.8) is 0 Å². The van der Waals surface area contributed by atoms with Crippen LogP contribution in [0, 0.1) is 12.3 Å². The van der Waals surface area contributed by atoms with E-state index in [4.69, 9.17) is 4.62 Å². The van der Waals surface area contributed by atoms with Gasteiger partial charge in [-0.15, -0.1) is 0 Å². The molecule has 2 rings (SSSR count). The monoisotopic (exact) mass is 279 g/mol. The van der Waals surface area contributed by atoms with Gasteiger partial charge in [-0.3, -0.25) is 14.2 Å². The number of aryl methyl sites for hydroxylation is 1. The largest absolute Gasteiger partial charge is 0.293 e. The minimum absolute atomic E-state index is 0.119. The molecule has 1 heterocycles. The average molecular weight is 279 g/mol. The molecule has 2 atom stereocenters. The van der Waals surface area contributed by atoms with Gasteiger partial charge in [0.25, 0.3) is 5.91 Å². The molecule has 0 aliphatic carbocycles. The lowest BCUT2D eigenvalue weighted by molar-refractivity contribution is -0.153. The molecule has 1 aromatic carbocycles. The number of benzene rings is 1. The predicted molar refractivity (Wildman–Crippen MR) is 75.3 cm³/mol. The van der Waals surface area contributed by atoms with Crippen molar-refractivity contribution in [3.05, 3.63) is 35.4 Å². The first-order valence-corrected chi connectivity index (χ1v) is 7.67. The SMILES string of the molecule is CPON1CC[C@@](C)(C(=O)c2cccc(C)c2)C1=O. The van der Waals surface area contributed by atoms with E-state index in [9.17, 15) is 9.59 Å². The summed E-state index contributed by atoms with van der Waals surface area (Å²) < 4.78 is 5.28. The summed E-state index contributed by atoms with van der Waals surface area (Å²) in [7, 11) is 0.206. The molecule has 1 aliphatic heterocycles. The van der Waals surface area contributed by atoms with Crippen LogP contribution >= 0.6 is 8.81 Å². The lowest BCUT2D eigenvalue weighted by atomic mass is 9.80. The molecule has 102 valence electrons. The van der Waals surface area contributed by atoms with E-state index in [1.165, 1.54) is 5.06 Å². The number of Topliss-reactive ketones (excluding diaryl/α,β-unsaturated/α-hetero) is 1. The third-order valence-electron chi connectivity index (χ3n) is 3.50. The van der Waals surface area contributed by atoms with E-state index < -0.39 is 5.41 Å². The van der Waals surface area contributed by atoms with Crippen LogP contribution in [0.25, 0.3) is 0 Å². The van der Waals surface area contributed by atoms with Gasteiger partial charge in [0.2, 0.25) is 0 Å². The highest BCUT2D eigenvalue weighted by Crippen LogP contribution is 2.36. The number of hydrogen-bond donors (Lipinski definition) is 0. The Labute approximate surface area is 114 Å². The van der Waals surface area contributed by atoms with Crippen molar-refractivity contribution in [2.75, 3.05) is 13.2 Å². The summed E-state index contributed by atoms with van der Waals surface area (Å²) in [6, 6.07) is 7.36. The number of nitrogens with zero attached hydrogens (tertiary/aromatic N) is 1. The van der Waals surface area contributed by atoms with Crippen LogP contribution < -0.4 is 0 Å². The third-order valence-corrected chi connectivity index (χ3v) is 3.90. The van der Waals surface area contributed by atoms with E-state index in [1.807, 2.05) is 31.8 Å². The van der Waals surface area contributed by atoms with Crippen molar-refractivity contribution < 1.29 is 14.2 Å². The highest BCUT2D eigenvalue weighted by Gasteiger charge is 2.49. The first-order valence-electron chi connectivity index (χ1n) is 6.26. The maximum absolute atomic E-state index is 12.6.